The van der Waals surface area contributed by atoms with E-state index in [4.69, 9.17) is 0 Å². The smallest absolute Gasteiger partial charge is 0.358 e. The lowest BCUT2D eigenvalue weighted by molar-refractivity contribution is -0.139. The molecule has 0 atom stereocenters. The quantitative estimate of drug-likeness (QED) is 0.852. The summed E-state index contributed by atoms with van der Waals surface area (Å²) < 4.78 is 38.4. The van der Waals surface area contributed by atoms with Crippen molar-refractivity contribution in [2.45, 2.75) is 25.4 Å². The molecule has 94 valence electrons. The molecule has 0 aliphatic carbocycles. The third-order valence-electron chi connectivity index (χ3n) is 2.70. The fraction of sp³-hybridized carbons (Fsp3) is 0.417. The van der Waals surface area contributed by atoms with Crippen molar-refractivity contribution < 1.29 is 18.0 Å². The van der Waals surface area contributed by atoms with Crippen LogP contribution in [0.15, 0.2) is 24.3 Å². The van der Waals surface area contributed by atoms with Gasteiger partial charge in [-0.15, -0.1) is 0 Å². The van der Waals surface area contributed by atoms with Gasteiger partial charge in [0, 0.05) is 7.05 Å². The highest BCUT2D eigenvalue weighted by Crippen LogP contribution is 2.37. The number of carbonyl (C=O) groups is 1. The van der Waals surface area contributed by atoms with Gasteiger partial charge in [0.1, 0.15) is 0 Å². The second-order valence-electron chi connectivity index (χ2n) is 4.25. The number of hydrogen-bond donors (Lipinski definition) is 1. The van der Waals surface area contributed by atoms with Crippen molar-refractivity contribution in [3.8, 4) is 0 Å². The minimum atomic E-state index is -4.46. The van der Waals surface area contributed by atoms with E-state index in [0.29, 0.717) is 0 Å². The fourth-order valence-electron chi connectivity index (χ4n) is 1.71. The molecule has 0 heterocycles. The molecule has 1 rings (SSSR count). The number of carbonyl (C=O) groups excluding carboxylic acids is 1. The number of hydrogen-bond acceptors (Lipinski definition) is 1. The van der Waals surface area contributed by atoms with Gasteiger partial charge in [-0.05, 0) is 25.5 Å². The molecular formula is C12H14F3NO. The Kier molecular flexibility index (Phi) is 3.50. The van der Waals surface area contributed by atoms with E-state index in [0.717, 1.165) is 6.07 Å². The molecule has 0 spiro atoms. The third kappa shape index (κ3) is 2.60. The van der Waals surface area contributed by atoms with Crippen LogP contribution in [0.3, 0.4) is 0 Å². The molecule has 1 aromatic carbocycles. The molecule has 1 aromatic rings. The lowest BCUT2D eigenvalue weighted by atomic mass is 9.80. The second kappa shape index (κ2) is 4.39. The summed E-state index contributed by atoms with van der Waals surface area (Å²) in [6, 6.07) is 5.12. The normalized spacial score (nSPS) is 12.4. The van der Waals surface area contributed by atoms with Crippen LogP contribution in [0, 0.1) is 0 Å². The van der Waals surface area contributed by atoms with Crippen molar-refractivity contribution in [1.29, 1.82) is 0 Å². The van der Waals surface area contributed by atoms with Crippen LogP contribution in [0.5, 0.6) is 0 Å². The number of benzene rings is 1. The summed E-state index contributed by atoms with van der Waals surface area (Å²) >= 11 is 0. The van der Waals surface area contributed by atoms with Gasteiger partial charge in [0.2, 0.25) is 5.91 Å². The Morgan fingerprint density at radius 2 is 1.59 bits per heavy atom. The summed E-state index contributed by atoms with van der Waals surface area (Å²) in [6.45, 7) is 2.94. The van der Waals surface area contributed by atoms with Crippen LogP contribution in [0.2, 0.25) is 0 Å². The maximum absolute atomic E-state index is 12.8. The van der Waals surface area contributed by atoms with Crippen LogP contribution >= 0.6 is 0 Å². The molecule has 0 unspecified atom stereocenters. The number of likely N-dealkylation sites (N-methyl/N-ethyl adjacent to an activating group) is 1. The molecule has 0 aliphatic heterocycles. The molecule has 0 saturated carbocycles. The fourth-order valence-corrected chi connectivity index (χ4v) is 1.71. The Labute approximate surface area is 97.8 Å². The third-order valence-corrected chi connectivity index (χ3v) is 2.70. The standard InChI is InChI=1S/C12H14F3NO/c1-11(2,10(17)16-3)8-6-4-5-7-9(8)12(13,14)15/h4-7H,1-3H3,(H,16,17). The van der Waals surface area contributed by atoms with Crippen molar-refractivity contribution in [3.05, 3.63) is 35.4 Å². The van der Waals surface area contributed by atoms with E-state index in [1.54, 1.807) is 0 Å². The molecule has 0 radical (unpaired) electrons. The summed E-state index contributed by atoms with van der Waals surface area (Å²) in [5, 5.41) is 2.38. The maximum atomic E-state index is 12.8. The van der Waals surface area contributed by atoms with Gasteiger partial charge in [-0.25, -0.2) is 0 Å². The first kappa shape index (κ1) is 13.5. The minimum absolute atomic E-state index is 0.0214. The highest BCUT2D eigenvalue weighted by Gasteiger charge is 2.40. The summed E-state index contributed by atoms with van der Waals surface area (Å²) in [6.07, 6.45) is -4.46. The van der Waals surface area contributed by atoms with Crippen LogP contribution in [-0.4, -0.2) is 13.0 Å². The number of nitrogens with one attached hydrogen (secondary N) is 1. The van der Waals surface area contributed by atoms with Crippen LogP contribution in [-0.2, 0) is 16.4 Å². The Bertz CT molecular complexity index is 424. The van der Waals surface area contributed by atoms with Gasteiger partial charge >= 0.3 is 6.18 Å². The van der Waals surface area contributed by atoms with Crippen LogP contribution in [0.1, 0.15) is 25.0 Å². The molecule has 5 heteroatoms. The highest BCUT2D eigenvalue weighted by molar-refractivity contribution is 5.87. The monoisotopic (exact) mass is 245 g/mol. The number of alkyl halides is 3. The summed E-state index contributed by atoms with van der Waals surface area (Å²) in [7, 11) is 1.40. The number of halogens is 3. The molecule has 0 bridgehead atoms. The zero-order valence-corrected chi connectivity index (χ0v) is 9.85. The van der Waals surface area contributed by atoms with Crippen molar-refractivity contribution in [2.75, 3.05) is 7.05 Å². The zero-order valence-electron chi connectivity index (χ0n) is 9.85. The Morgan fingerprint density at radius 3 is 2.00 bits per heavy atom. The molecule has 0 saturated heterocycles. The Hall–Kier alpha value is -1.52. The van der Waals surface area contributed by atoms with Crippen LogP contribution in [0.4, 0.5) is 13.2 Å². The average molecular weight is 245 g/mol. The number of rotatable bonds is 2. The molecule has 0 aliphatic rings. The average Bonchev–Trinajstić information content (AvgIpc) is 2.26. The van der Waals surface area contributed by atoms with Crippen molar-refractivity contribution in [1.82, 2.24) is 5.32 Å². The Morgan fingerprint density at radius 1 is 1.12 bits per heavy atom. The molecule has 0 aromatic heterocycles. The van der Waals surface area contributed by atoms with Crippen molar-refractivity contribution in [3.63, 3.8) is 0 Å². The van der Waals surface area contributed by atoms with E-state index in [9.17, 15) is 18.0 Å². The van der Waals surface area contributed by atoms with Crippen LogP contribution < -0.4 is 5.32 Å². The molecule has 1 N–H and O–H groups in total. The summed E-state index contributed by atoms with van der Waals surface area (Å²) in [5.41, 5.74) is -2.01. The van der Waals surface area contributed by atoms with Gasteiger partial charge in [0.05, 0.1) is 11.0 Å². The maximum Gasteiger partial charge on any atom is 0.416 e. The first-order valence-electron chi connectivity index (χ1n) is 5.10. The molecule has 1 amide bonds. The number of amides is 1. The van der Waals surface area contributed by atoms with Gasteiger partial charge in [0.15, 0.2) is 0 Å². The first-order valence-corrected chi connectivity index (χ1v) is 5.10. The van der Waals surface area contributed by atoms with Crippen molar-refractivity contribution in [2.24, 2.45) is 0 Å². The van der Waals surface area contributed by atoms with Gasteiger partial charge in [-0.3, -0.25) is 4.79 Å². The van der Waals surface area contributed by atoms with E-state index < -0.39 is 23.1 Å². The Balaban J connectivity index is 3.37. The van der Waals surface area contributed by atoms with Crippen molar-refractivity contribution >= 4 is 5.91 Å². The molecular weight excluding hydrogens is 231 g/mol. The van der Waals surface area contributed by atoms with E-state index in [1.165, 1.54) is 39.1 Å². The lowest BCUT2D eigenvalue weighted by Gasteiger charge is -2.26. The van der Waals surface area contributed by atoms with Gasteiger partial charge < -0.3 is 5.32 Å². The van der Waals surface area contributed by atoms with Crippen LogP contribution in [0.25, 0.3) is 0 Å². The second-order valence-corrected chi connectivity index (χ2v) is 4.25. The van der Waals surface area contributed by atoms with Gasteiger partial charge in [-0.1, -0.05) is 18.2 Å². The van der Waals surface area contributed by atoms with Gasteiger partial charge in [-0.2, -0.15) is 13.2 Å². The largest absolute Gasteiger partial charge is 0.416 e. The summed E-state index contributed by atoms with van der Waals surface area (Å²) in [5.74, 6) is -0.450. The molecule has 2 nitrogen and oxygen atoms in total. The molecule has 0 fully saturated rings. The lowest BCUT2D eigenvalue weighted by Crippen LogP contribution is -2.39. The zero-order chi connectivity index (χ0) is 13.3. The SMILES string of the molecule is CNC(=O)C(C)(C)c1ccccc1C(F)(F)F. The van der Waals surface area contributed by atoms with E-state index in [-0.39, 0.29) is 5.56 Å². The predicted molar refractivity (Wildman–Crippen MR) is 58.5 cm³/mol. The van der Waals surface area contributed by atoms with E-state index in [1.807, 2.05) is 0 Å². The first-order chi connectivity index (χ1) is 7.71. The molecule has 17 heavy (non-hydrogen) atoms. The van der Waals surface area contributed by atoms with E-state index >= 15 is 0 Å². The van der Waals surface area contributed by atoms with E-state index in [2.05, 4.69) is 5.32 Å². The predicted octanol–water partition coefficient (Wildman–Crippen LogP) is 2.73. The minimum Gasteiger partial charge on any atom is -0.358 e. The summed E-state index contributed by atoms with van der Waals surface area (Å²) in [4.78, 5) is 11.6. The highest BCUT2D eigenvalue weighted by atomic mass is 19.4. The van der Waals surface area contributed by atoms with Gasteiger partial charge in [0.25, 0.3) is 0 Å². The topological polar surface area (TPSA) is 29.1 Å².